The van der Waals surface area contributed by atoms with Crippen LogP contribution < -0.4 is 10.1 Å². The average Bonchev–Trinajstić information content (AvgIpc) is 2.72. The number of hydrogen-bond acceptors (Lipinski definition) is 3. The highest BCUT2D eigenvalue weighted by Crippen LogP contribution is 2.24. The third-order valence-corrected chi connectivity index (χ3v) is 5.66. The van der Waals surface area contributed by atoms with Crippen molar-refractivity contribution in [1.29, 1.82) is 0 Å². The lowest BCUT2D eigenvalue weighted by atomic mass is 9.98. The van der Waals surface area contributed by atoms with E-state index in [9.17, 15) is 4.79 Å². The number of likely N-dealkylation sites (tertiary alicyclic amines) is 1. The summed E-state index contributed by atoms with van der Waals surface area (Å²) in [5.41, 5.74) is 1.09. The number of carbonyl (C=O) groups is 1. The van der Waals surface area contributed by atoms with E-state index in [-0.39, 0.29) is 6.03 Å². The normalized spacial score (nSPS) is 19.1. The fraction of sp³-hybridized carbons (Fsp3) is 0.682. The van der Waals surface area contributed by atoms with Crippen LogP contribution in [0.3, 0.4) is 0 Å². The molecule has 0 aromatic heterocycles. The Bertz CT molecular complexity index is 579. The van der Waals surface area contributed by atoms with Gasteiger partial charge in [-0.1, -0.05) is 18.6 Å². The molecule has 5 nitrogen and oxygen atoms in total. The van der Waals surface area contributed by atoms with Gasteiger partial charge in [-0.15, -0.1) is 0 Å². The second-order valence-corrected chi connectivity index (χ2v) is 7.77. The Hall–Kier alpha value is -1.75. The zero-order valence-corrected chi connectivity index (χ0v) is 16.6. The summed E-state index contributed by atoms with van der Waals surface area (Å²) in [5.74, 6) is 1.51. The number of nitrogens with zero attached hydrogens (tertiary/aromatic N) is 1. The zero-order valence-electron chi connectivity index (χ0n) is 16.6. The molecule has 2 fully saturated rings. The summed E-state index contributed by atoms with van der Waals surface area (Å²) in [6.07, 6.45) is 8.57. The van der Waals surface area contributed by atoms with Gasteiger partial charge in [0.2, 0.25) is 0 Å². The van der Waals surface area contributed by atoms with Gasteiger partial charge >= 0.3 is 6.03 Å². The van der Waals surface area contributed by atoms with Crippen LogP contribution in [0.1, 0.15) is 57.4 Å². The molecule has 0 atom stereocenters. The second-order valence-electron chi connectivity index (χ2n) is 7.77. The maximum Gasteiger partial charge on any atom is 0.317 e. The maximum atomic E-state index is 12.4. The molecule has 27 heavy (non-hydrogen) atoms. The van der Waals surface area contributed by atoms with Gasteiger partial charge in [0.1, 0.15) is 5.75 Å². The predicted octanol–water partition coefficient (Wildman–Crippen LogP) is 4.36. The van der Waals surface area contributed by atoms with E-state index in [1.54, 1.807) is 0 Å². The number of carbonyl (C=O) groups excluding carboxylic acids is 1. The third kappa shape index (κ3) is 6.42. The largest absolute Gasteiger partial charge is 0.490 e. The van der Waals surface area contributed by atoms with Crippen LogP contribution in [-0.4, -0.2) is 43.3 Å². The second kappa shape index (κ2) is 10.5. The molecule has 2 aliphatic rings. The summed E-state index contributed by atoms with van der Waals surface area (Å²) in [5, 5.41) is 3.06. The van der Waals surface area contributed by atoms with E-state index >= 15 is 0 Å². The van der Waals surface area contributed by atoms with Crippen LogP contribution in [0.2, 0.25) is 0 Å². The van der Waals surface area contributed by atoms with Gasteiger partial charge in [0, 0.05) is 32.8 Å². The highest BCUT2D eigenvalue weighted by Gasteiger charge is 2.22. The van der Waals surface area contributed by atoms with Crippen molar-refractivity contribution in [2.75, 3.05) is 26.3 Å². The molecular weight excluding hydrogens is 340 g/mol. The van der Waals surface area contributed by atoms with E-state index in [4.69, 9.17) is 9.47 Å². The van der Waals surface area contributed by atoms with Crippen molar-refractivity contribution in [1.82, 2.24) is 10.2 Å². The van der Waals surface area contributed by atoms with Gasteiger partial charge < -0.3 is 19.7 Å². The molecule has 0 bridgehead atoms. The number of ether oxygens (including phenoxy) is 2. The first kappa shape index (κ1) is 20.0. The first-order valence-electron chi connectivity index (χ1n) is 10.6. The molecule has 2 amide bonds. The molecular formula is C22H34N2O3. The SMILES string of the molecule is CCOCC1CCN(C(=O)NCc2cccc(OC3CCCCC3)c2)CC1. The smallest absolute Gasteiger partial charge is 0.317 e. The van der Waals surface area contributed by atoms with Gasteiger partial charge in [-0.25, -0.2) is 4.79 Å². The standard InChI is InChI=1S/C22H34N2O3/c1-2-26-17-18-11-13-24(14-12-18)22(25)23-16-19-7-6-10-21(15-19)27-20-8-4-3-5-9-20/h6-7,10,15,18,20H,2-5,8-9,11-14,16-17H2,1H3,(H,23,25). The van der Waals surface area contributed by atoms with Gasteiger partial charge in [0.15, 0.2) is 0 Å². The van der Waals surface area contributed by atoms with Crippen molar-refractivity contribution >= 4 is 6.03 Å². The van der Waals surface area contributed by atoms with Crippen LogP contribution in [-0.2, 0) is 11.3 Å². The first-order valence-corrected chi connectivity index (χ1v) is 10.6. The minimum Gasteiger partial charge on any atom is -0.490 e. The number of hydrogen-bond donors (Lipinski definition) is 1. The van der Waals surface area contributed by atoms with Crippen molar-refractivity contribution in [3.63, 3.8) is 0 Å². The van der Waals surface area contributed by atoms with E-state index in [2.05, 4.69) is 11.4 Å². The summed E-state index contributed by atoms with van der Waals surface area (Å²) in [4.78, 5) is 14.4. The van der Waals surface area contributed by atoms with E-state index < -0.39 is 0 Å². The molecule has 3 rings (SSSR count). The number of piperidine rings is 1. The lowest BCUT2D eigenvalue weighted by Gasteiger charge is -2.31. The van der Waals surface area contributed by atoms with Gasteiger partial charge in [0.05, 0.1) is 6.10 Å². The Morgan fingerprint density at radius 2 is 1.93 bits per heavy atom. The van der Waals surface area contributed by atoms with Crippen molar-refractivity contribution in [2.24, 2.45) is 5.92 Å². The monoisotopic (exact) mass is 374 g/mol. The first-order chi connectivity index (χ1) is 13.2. The molecule has 0 unspecified atom stereocenters. The number of urea groups is 1. The van der Waals surface area contributed by atoms with Crippen LogP contribution in [0.4, 0.5) is 4.79 Å². The van der Waals surface area contributed by atoms with Gasteiger partial charge in [-0.3, -0.25) is 0 Å². The van der Waals surface area contributed by atoms with Crippen LogP contribution in [0.15, 0.2) is 24.3 Å². The Balaban J connectivity index is 1.41. The summed E-state index contributed by atoms with van der Waals surface area (Å²) in [6, 6.07) is 8.16. The zero-order chi connectivity index (χ0) is 18.9. The fourth-order valence-electron chi connectivity index (χ4n) is 3.98. The predicted molar refractivity (Wildman–Crippen MR) is 107 cm³/mol. The quantitative estimate of drug-likeness (QED) is 0.772. The van der Waals surface area contributed by atoms with Gasteiger partial charge in [-0.2, -0.15) is 0 Å². The van der Waals surface area contributed by atoms with Gasteiger partial charge in [-0.05, 0) is 69.1 Å². The van der Waals surface area contributed by atoms with Crippen molar-refractivity contribution in [3.05, 3.63) is 29.8 Å². The number of rotatable bonds is 7. The van der Waals surface area contributed by atoms with Crippen molar-refractivity contribution < 1.29 is 14.3 Å². The lowest BCUT2D eigenvalue weighted by Crippen LogP contribution is -2.44. The molecule has 1 N–H and O–H groups in total. The molecule has 5 heteroatoms. The summed E-state index contributed by atoms with van der Waals surface area (Å²) in [6.45, 7) is 5.78. The minimum absolute atomic E-state index is 0.0310. The summed E-state index contributed by atoms with van der Waals surface area (Å²) < 4.78 is 11.6. The molecule has 1 aromatic rings. The molecule has 1 aliphatic heterocycles. The third-order valence-electron chi connectivity index (χ3n) is 5.66. The average molecular weight is 375 g/mol. The number of amides is 2. The van der Waals surface area contributed by atoms with Crippen molar-refractivity contribution in [3.8, 4) is 5.75 Å². The Morgan fingerprint density at radius 1 is 1.15 bits per heavy atom. The van der Waals surface area contributed by atoms with E-state index in [1.165, 1.54) is 19.3 Å². The molecule has 1 aromatic carbocycles. The summed E-state index contributed by atoms with van der Waals surface area (Å²) >= 11 is 0. The highest BCUT2D eigenvalue weighted by molar-refractivity contribution is 5.74. The van der Waals surface area contributed by atoms with Crippen LogP contribution in [0.25, 0.3) is 0 Å². The summed E-state index contributed by atoms with van der Waals surface area (Å²) in [7, 11) is 0. The maximum absolute atomic E-state index is 12.4. The molecule has 0 radical (unpaired) electrons. The number of nitrogens with one attached hydrogen (secondary N) is 1. The fourth-order valence-corrected chi connectivity index (χ4v) is 3.98. The van der Waals surface area contributed by atoms with E-state index in [1.807, 2.05) is 30.0 Å². The number of benzene rings is 1. The van der Waals surface area contributed by atoms with Gasteiger partial charge in [0.25, 0.3) is 0 Å². The Labute approximate surface area is 163 Å². The molecule has 1 saturated heterocycles. The molecule has 150 valence electrons. The van der Waals surface area contributed by atoms with E-state index in [0.29, 0.717) is 18.6 Å². The Morgan fingerprint density at radius 3 is 2.67 bits per heavy atom. The van der Waals surface area contributed by atoms with Crippen molar-refractivity contribution in [2.45, 2.75) is 64.5 Å². The van der Waals surface area contributed by atoms with Crippen LogP contribution in [0, 0.1) is 5.92 Å². The van der Waals surface area contributed by atoms with E-state index in [0.717, 1.165) is 63.3 Å². The molecule has 1 saturated carbocycles. The Kier molecular flexibility index (Phi) is 7.81. The molecule has 1 aliphatic carbocycles. The lowest BCUT2D eigenvalue weighted by molar-refractivity contribution is 0.0802. The highest BCUT2D eigenvalue weighted by atomic mass is 16.5. The van der Waals surface area contributed by atoms with Crippen LogP contribution in [0.5, 0.6) is 5.75 Å². The topological polar surface area (TPSA) is 50.8 Å². The molecule has 0 spiro atoms. The van der Waals surface area contributed by atoms with Crippen LogP contribution >= 0.6 is 0 Å². The minimum atomic E-state index is 0.0310. The molecule has 1 heterocycles.